The van der Waals surface area contributed by atoms with Gasteiger partial charge in [0.25, 0.3) is 0 Å². The highest BCUT2D eigenvalue weighted by Gasteiger charge is 2.31. The smallest absolute Gasteiger partial charge is 0.416 e. The molecule has 0 saturated carbocycles. The van der Waals surface area contributed by atoms with Crippen LogP contribution in [0.15, 0.2) is 60.7 Å². The Balaban J connectivity index is 1.71. The first-order valence-corrected chi connectivity index (χ1v) is 12.6. The molecule has 8 nitrogen and oxygen atoms in total. The van der Waals surface area contributed by atoms with Gasteiger partial charge in [-0.2, -0.15) is 26.3 Å². The number of hydrogen-bond donors (Lipinski definition) is 2. The second-order valence-corrected chi connectivity index (χ2v) is 9.80. The van der Waals surface area contributed by atoms with Crippen LogP contribution in [0.3, 0.4) is 0 Å². The summed E-state index contributed by atoms with van der Waals surface area (Å²) in [5, 5.41) is 5.73. The number of hydrogen-bond acceptors (Lipinski definition) is 8. The molecule has 0 aliphatic rings. The summed E-state index contributed by atoms with van der Waals surface area (Å²) in [6.45, 7) is 6.31. The van der Waals surface area contributed by atoms with E-state index in [0.29, 0.717) is 0 Å². The second kappa shape index (κ2) is 14.4. The molecule has 0 heterocycles. The zero-order valence-corrected chi connectivity index (χ0v) is 23.3. The van der Waals surface area contributed by atoms with Crippen LogP contribution in [0.2, 0.25) is 0 Å². The van der Waals surface area contributed by atoms with Gasteiger partial charge >= 0.3 is 24.3 Å². The van der Waals surface area contributed by atoms with Crippen LogP contribution in [0, 0.1) is 0 Å². The molecular weight excluding hydrogens is 574 g/mol. The van der Waals surface area contributed by atoms with E-state index in [4.69, 9.17) is 18.9 Å². The third kappa shape index (κ3) is 12.8. The lowest BCUT2D eigenvalue weighted by atomic mass is 10.2. The molecule has 0 spiro atoms. The number of rotatable bonds is 14. The van der Waals surface area contributed by atoms with Crippen molar-refractivity contribution in [1.29, 1.82) is 0 Å². The van der Waals surface area contributed by atoms with Gasteiger partial charge in [-0.15, -0.1) is 0 Å². The largest absolute Gasteiger partial charge is 0.492 e. The van der Waals surface area contributed by atoms with Crippen molar-refractivity contribution in [3.05, 3.63) is 71.8 Å². The van der Waals surface area contributed by atoms with E-state index in [1.807, 2.05) is 0 Å². The maximum Gasteiger partial charge on any atom is 0.416 e. The van der Waals surface area contributed by atoms with Crippen LogP contribution >= 0.6 is 0 Å². The molecule has 2 N–H and O–H groups in total. The zero-order chi connectivity index (χ0) is 31.6. The summed E-state index contributed by atoms with van der Waals surface area (Å²) in [6.07, 6.45) is -7.27. The fourth-order valence-corrected chi connectivity index (χ4v) is 3.35. The molecule has 0 bridgehead atoms. The standard InChI is InChI=1S/C28H32F6N2O6/c1-25(2,35-13-15-39-21-9-5-7-19(17-21)27(29,30)31)41-23(37)11-12-24(38)42-26(3,4)36-14-16-40-22-10-6-8-20(18-22)28(32,33)34/h5-12,17-18,35-36H,13-16H2,1-4H3/b12-11-. The van der Waals surface area contributed by atoms with Gasteiger partial charge in [-0.05, 0) is 64.1 Å². The molecule has 2 aromatic rings. The van der Waals surface area contributed by atoms with Crippen LogP contribution < -0.4 is 20.1 Å². The zero-order valence-electron chi connectivity index (χ0n) is 23.3. The molecule has 14 heteroatoms. The summed E-state index contributed by atoms with van der Waals surface area (Å²) in [6, 6.07) is 8.83. The Kier molecular flexibility index (Phi) is 11.8. The molecule has 2 aromatic carbocycles. The monoisotopic (exact) mass is 606 g/mol. The van der Waals surface area contributed by atoms with E-state index in [0.717, 1.165) is 36.4 Å². The third-order valence-corrected chi connectivity index (χ3v) is 5.23. The van der Waals surface area contributed by atoms with Crippen molar-refractivity contribution in [1.82, 2.24) is 10.6 Å². The number of halogens is 6. The molecule has 0 aromatic heterocycles. The highest BCUT2D eigenvalue weighted by atomic mass is 19.4. The van der Waals surface area contributed by atoms with Crippen molar-refractivity contribution in [3.63, 3.8) is 0 Å². The van der Waals surface area contributed by atoms with Crippen LogP contribution in [0.25, 0.3) is 0 Å². The summed E-state index contributed by atoms with van der Waals surface area (Å²) in [5.41, 5.74) is -4.09. The van der Waals surface area contributed by atoms with Gasteiger partial charge in [0, 0.05) is 25.2 Å². The minimum atomic E-state index is -4.49. The minimum Gasteiger partial charge on any atom is -0.492 e. The SMILES string of the molecule is CC(C)(NCCOc1cccc(C(F)(F)F)c1)OC(=O)/C=C\C(=O)OC(C)(C)NCCOc1cccc(C(F)(F)F)c1. The molecule has 232 valence electrons. The van der Waals surface area contributed by atoms with Gasteiger partial charge in [-0.25, -0.2) is 9.59 Å². The number of alkyl halides is 6. The second-order valence-electron chi connectivity index (χ2n) is 9.80. The number of benzene rings is 2. The lowest BCUT2D eigenvalue weighted by Crippen LogP contribution is -2.45. The van der Waals surface area contributed by atoms with Crippen molar-refractivity contribution in [2.45, 2.75) is 51.5 Å². The predicted octanol–water partition coefficient (Wildman–Crippen LogP) is 5.48. The van der Waals surface area contributed by atoms with E-state index in [9.17, 15) is 35.9 Å². The fraction of sp³-hybridized carbons (Fsp3) is 0.429. The summed E-state index contributed by atoms with van der Waals surface area (Å²) in [4.78, 5) is 24.3. The van der Waals surface area contributed by atoms with Crippen molar-refractivity contribution in [2.24, 2.45) is 0 Å². The van der Waals surface area contributed by atoms with Crippen molar-refractivity contribution >= 4 is 11.9 Å². The Morgan fingerprint density at radius 1 is 0.667 bits per heavy atom. The van der Waals surface area contributed by atoms with Crippen LogP contribution in [-0.4, -0.2) is 49.7 Å². The molecule has 0 radical (unpaired) electrons. The maximum atomic E-state index is 12.8. The summed E-state index contributed by atoms with van der Waals surface area (Å²) < 4.78 is 97.9. The molecule has 0 aliphatic carbocycles. The Morgan fingerprint density at radius 2 is 1.02 bits per heavy atom. The van der Waals surface area contributed by atoms with E-state index in [-0.39, 0.29) is 37.8 Å². The average Bonchev–Trinajstić information content (AvgIpc) is 2.87. The summed E-state index contributed by atoms with van der Waals surface area (Å²) in [7, 11) is 0. The van der Waals surface area contributed by atoms with Crippen molar-refractivity contribution in [3.8, 4) is 11.5 Å². The molecular formula is C28H32F6N2O6. The highest BCUT2D eigenvalue weighted by molar-refractivity contribution is 5.91. The number of nitrogens with one attached hydrogen (secondary N) is 2. The normalized spacial score (nSPS) is 12.7. The molecule has 0 atom stereocenters. The van der Waals surface area contributed by atoms with Crippen LogP contribution in [-0.2, 0) is 31.4 Å². The van der Waals surface area contributed by atoms with Gasteiger partial charge in [0.15, 0.2) is 11.4 Å². The van der Waals surface area contributed by atoms with Crippen LogP contribution in [0.1, 0.15) is 38.8 Å². The highest BCUT2D eigenvalue weighted by Crippen LogP contribution is 2.32. The minimum absolute atomic E-state index is 0.0163. The van der Waals surface area contributed by atoms with E-state index in [2.05, 4.69) is 10.6 Å². The summed E-state index contributed by atoms with van der Waals surface area (Å²) >= 11 is 0. The number of carbonyl (C=O) groups excluding carboxylic acids is 2. The third-order valence-electron chi connectivity index (χ3n) is 5.23. The number of esters is 2. The molecule has 0 fully saturated rings. The Bertz CT molecular complexity index is 1130. The van der Waals surface area contributed by atoms with Gasteiger partial charge in [0.1, 0.15) is 24.7 Å². The summed E-state index contributed by atoms with van der Waals surface area (Å²) in [5.74, 6) is -1.68. The van der Waals surface area contributed by atoms with E-state index >= 15 is 0 Å². The first kappa shape index (κ1) is 34.4. The topological polar surface area (TPSA) is 95.1 Å². The maximum absolute atomic E-state index is 12.8. The van der Waals surface area contributed by atoms with Gasteiger partial charge in [-0.1, -0.05) is 12.1 Å². The molecule has 0 saturated heterocycles. The molecule has 0 amide bonds. The van der Waals surface area contributed by atoms with Gasteiger partial charge < -0.3 is 18.9 Å². The van der Waals surface area contributed by atoms with Crippen LogP contribution in [0.5, 0.6) is 11.5 Å². The first-order valence-electron chi connectivity index (χ1n) is 12.6. The van der Waals surface area contributed by atoms with E-state index in [1.165, 1.54) is 52.0 Å². The van der Waals surface area contributed by atoms with E-state index in [1.54, 1.807) is 0 Å². The Labute approximate surface area is 239 Å². The van der Waals surface area contributed by atoms with Crippen molar-refractivity contribution in [2.75, 3.05) is 26.3 Å². The lowest BCUT2D eigenvalue weighted by Gasteiger charge is -2.26. The molecule has 0 aliphatic heterocycles. The Morgan fingerprint density at radius 3 is 1.36 bits per heavy atom. The van der Waals surface area contributed by atoms with Gasteiger partial charge in [-0.3, -0.25) is 10.6 Å². The predicted molar refractivity (Wildman–Crippen MR) is 139 cm³/mol. The quantitative estimate of drug-likeness (QED) is 0.0961. The first-order chi connectivity index (χ1) is 19.4. The van der Waals surface area contributed by atoms with Crippen LogP contribution in [0.4, 0.5) is 26.3 Å². The van der Waals surface area contributed by atoms with E-state index < -0.39 is 46.9 Å². The Hall–Kier alpha value is -3.78. The molecule has 0 unspecified atom stereocenters. The molecule has 2 rings (SSSR count). The number of carbonyl (C=O) groups is 2. The van der Waals surface area contributed by atoms with Gasteiger partial charge in [0.05, 0.1) is 11.1 Å². The number of ether oxygens (including phenoxy) is 4. The lowest BCUT2D eigenvalue weighted by molar-refractivity contribution is -0.156. The fourth-order valence-electron chi connectivity index (χ4n) is 3.35. The molecule has 42 heavy (non-hydrogen) atoms. The van der Waals surface area contributed by atoms with Crippen molar-refractivity contribution < 1.29 is 54.9 Å². The average molecular weight is 607 g/mol. The van der Waals surface area contributed by atoms with Gasteiger partial charge in [0.2, 0.25) is 0 Å².